The molecule has 1 aromatic carbocycles. The number of ether oxygens (including phenoxy) is 1. The Hall–Kier alpha value is -1.20. The minimum Gasteiger partial charge on any atom is -0.496 e. The first-order chi connectivity index (χ1) is 7.11. The minimum absolute atomic E-state index is 0.00505. The molecule has 0 aliphatic carbocycles. The monoisotopic (exact) mass is 217 g/mol. The summed E-state index contributed by atoms with van der Waals surface area (Å²) in [6.07, 6.45) is -3.62. The Bertz CT molecular complexity index is 331. The van der Waals surface area contributed by atoms with E-state index >= 15 is 0 Å². The third-order valence-electron chi connectivity index (χ3n) is 2.10. The van der Waals surface area contributed by atoms with Gasteiger partial charge in [0.05, 0.1) is 18.8 Å². The van der Waals surface area contributed by atoms with Crippen LogP contribution in [0.25, 0.3) is 0 Å². The van der Waals surface area contributed by atoms with E-state index in [0.717, 1.165) is 0 Å². The fourth-order valence-electron chi connectivity index (χ4n) is 1.37. The molecule has 1 aromatic rings. The molecular weight excluding hydrogens is 204 g/mol. The largest absolute Gasteiger partial charge is 0.496 e. The molecule has 0 spiro atoms. The number of methoxy groups -OCH3 is 1. The lowest BCUT2D eigenvalue weighted by Crippen LogP contribution is -2.13. The lowest BCUT2D eigenvalue weighted by Gasteiger charge is -2.16. The van der Waals surface area contributed by atoms with Crippen LogP contribution in [-0.4, -0.2) is 18.8 Å². The molecule has 1 rings (SSSR count). The Morgan fingerprint density at radius 1 is 1.40 bits per heavy atom. The van der Waals surface area contributed by atoms with Gasteiger partial charge in [0.1, 0.15) is 5.75 Å². The fourth-order valence-corrected chi connectivity index (χ4v) is 1.37. The number of halogens is 2. The van der Waals surface area contributed by atoms with Crippen molar-refractivity contribution in [2.45, 2.75) is 12.5 Å². The molecule has 3 nitrogen and oxygen atoms in total. The Morgan fingerprint density at radius 3 is 2.47 bits per heavy atom. The summed E-state index contributed by atoms with van der Waals surface area (Å²) in [4.78, 5) is 0. The second-order valence-corrected chi connectivity index (χ2v) is 3.02. The van der Waals surface area contributed by atoms with E-state index in [1.54, 1.807) is 0 Å². The highest BCUT2D eigenvalue weighted by molar-refractivity contribution is 5.43. The average molecular weight is 217 g/mol. The number of para-hydroxylation sites is 1. The van der Waals surface area contributed by atoms with Crippen LogP contribution >= 0.6 is 0 Å². The first-order valence-electron chi connectivity index (χ1n) is 4.44. The number of benzene rings is 1. The maximum atomic E-state index is 12.6. The van der Waals surface area contributed by atoms with Gasteiger partial charge in [0.25, 0.3) is 6.43 Å². The SMILES string of the molecule is COc1c(C(F)F)cccc1C(O)CN. The third kappa shape index (κ3) is 2.43. The van der Waals surface area contributed by atoms with Gasteiger partial charge in [-0.3, -0.25) is 0 Å². The number of nitrogens with two attached hydrogens (primary N) is 1. The van der Waals surface area contributed by atoms with Crippen LogP contribution in [0.3, 0.4) is 0 Å². The molecule has 0 heterocycles. The van der Waals surface area contributed by atoms with Gasteiger partial charge in [-0.15, -0.1) is 0 Å². The molecule has 3 N–H and O–H groups in total. The van der Waals surface area contributed by atoms with Crippen LogP contribution < -0.4 is 10.5 Å². The van der Waals surface area contributed by atoms with Crippen LogP contribution in [0.15, 0.2) is 18.2 Å². The molecule has 0 saturated heterocycles. The number of aliphatic hydroxyl groups excluding tert-OH is 1. The first-order valence-corrected chi connectivity index (χ1v) is 4.44. The molecule has 1 unspecified atom stereocenters. The molecule has 0 bridgehead atoms. The Kier molecular flexibility index (Phi) is 3.99. The van der Waals surface area contributed by atoms with Crippen molar-refractivity contribution in [1.82, 2.24) is 0 Å². The normalized spacial score (nSPS) is 12.9. The maximum absolute atomic E-state index is 12.6. The van der Waals surface area contributed by atoms with Crippen LogP contribution in [0.4, 0.5) is 8.78 Å². The van der Waals surface area contributed by atoms with Gasteiger partial charge in [0.15, 0.2) is 0 Å². The molecule has 0 aliphatic rings. The summed E-state index contributed by atoms with van der Waals surface area (Å²) in [5, 5.41) is 9.50. The van der Waals surface area contributed by atoms with Gasteiger partial charge in [0, 0.05) is 12.1 Å². The van der Waals surface area contributed by atoms with E-state index in [1.807, 2.05) is 0 Å². The molecule has 0 saturated carbocycles. The van der Waals surface area contributed by atoms with Gasteiger partial charge >= 0.3 is 0 Å². The topological polar surface area (TPSA) is 55.5 Å². The lowest BCUT2D eigenvalue weighted by atomic mass is 10.0. The highest BCUT2D eigenvalue weighted by atomic mass is 19.3. The molecule has 1 atom stereocenters. The van der Waals surface area contributed by atoms with Crippen molar-refractivity contribution in [3.05, 3.63) is 29.3 Å². The molecule has 84 valence electrons. The maximum Gasteiger partial charge on any atom is 0.267 e. The van der Waals surface area contributed by atoms with E-state index in [9.17, 15) is 13.9 Å². The number of hydrogen-bond donors (Lipinski definition) is 2. The standard InChI is InChI=1S/C10H13F2NO2/c1-15-9-6(8(14)5-13)3-2-4-7(9)10(11)12/h2-4,8,10,14H,5,13H2,1H3. The Balaban J connectivity index is 3.22. The minimum atomic E-state index is -2.63. The number of rotatable bonds is 4. The molecule has 5 heteroatoms. The van der Waals surface area contributed by atoms with E-state index < -0.39 is 12.5 Å². The average Bonchev–Trinajstić information content (AvgIpc) is 2.26. The number of aliphatic hydroxyl groups is 1. The van der Waals surface area contributed by atoms with Crippen molar-refractivity contribution in [2.75, 3.05) is 13.7 Å². The Labute approximate surface area is 86.5 Å². The summed E-state index contributed by atoms with van der Waals surface area (Å²) in [5.74, 6) is 0.00505. The summed E-state index contributed by atoms with van der Waals surface area (Å²) in [7, 11) is 1.29. The quantitative estimate of drug-likeness (QED) is 0.805. The second-order valence-electron chi connectivity index (χ2n) is 3.02. The Morgan fingerprint density at radius 2 is 2.00 bits per heavy atom. The molecule has 0 radical (unpaired) electrons. The third-order valence-corrected chi connectivity index (χ3v) is 2.10. The van der Waals surface area contributed by atoms with Crippen LogP contribution in [0.1, 0.15) is 23.7 Å². The molecule has 0 aliphatic heterocycles. The first kappa shape index (κ1) is 11.9. The molecule has 0 amide bonds. The predicted octanol–water partition coefficient (Wildman–Crippen LogP) is 1.62. The highest BCUT2D eigenvalue weighted by Gasteiger charge is 2.19. The number of hydrogen-bond acceptors (Lipinski definition) is 3. The lowest BCUT2D eigenvalue weighted by molar-refractivity contribution is 0.144. The number of alkyl halides is 2. The van der Waals surface area contributed by atoms with E-state index in [4.69, 9.17) is 10.5 Å². The van der Waals surface area contributed by atoms with E-state index in [1.165, 1.54) is 25.3 Å². The van der Waals surface area contributed by atoms with Crippen LogP contribution in [-0.2, 0) is 0 Å². The predicted molar refractivity (Wildman–Crippen MR) is 52.0 cm³/mol. The van der Waals surface area contributed by atoms with E-state index in [-0.39, 0.29) is 23.4 Å². The molecule has 0 fully saturated rings. The van der Waals surface area contributed by atoms with Gasteiger partial charge < -0.3 is 15.6 Å². The zero-order valence-electron chi connectivity index (χ0n) is 8.28. The van der Waals surface area contributed by atoms with Crippen molar-refractivity contribution in [3.8, 4) is 5.75 Å². The van der Waals surface area contributed by atoms with Gasteiger partial charge in [-0.05, 0) is 6.07 Å². The van der Waals surface area contributed by atoms with E-state index in [0.29, 0.717) is 0 Å². The van der Waals surface area contributed by atoms with Gasteiger partial charge in [-0.25, -0.2) is 8.78 Å². The van der Waals surface area contributed by atoms with Gasteiger partial charge in [-0.2, -0.15) is 0 Å². The van der Waals surface area contributed by atoms with Crippen molar-refractivity contribution >= 4 is 0 Å². The van der Waals surface area contributed by atoms with Crippen LogP contribution in [0, 0.1) is 0 Å². The highest BCUT2D eigenvalue weighted by Crippen LogP contribution is 2.34. The van der Waals surface area contributed by atoms with Crippen molar-refractivity contribution in [3.63, 3.8) is 0 Å². The van der Waals surface area contributed by atoms with Crippen molar-refractivity contribution in [1.29, 1.82) is 0 Å². The summed E-state index contributed by atoms with van der Waals surface area (Å²) >= 11 is 0. The van der Waals surface area contributed by atoms with Gasteiger partial charge in [0.2, 0.25) is 0 Å². The van der Waals surface area contributed by atoms with Crippen LogP contribution in [0.2, 0.25) is 0 Å². The zero-order chi connectivity index (χ0) is 11.4. The summed E-state index contributed by atoms with van der Waals surface area (Å²) < 4.78 is 30.0. The van der Waals surface area contributed by atoms with Crippen molar-refractivity contribution < 1.29 is 18.6 Å². The summed E-state index contributed by atoms with van der Waals surface area (Å²) in [6.45, 7) is -0.0386. The smallest absolute Gasteiger partial charge is 0.267 e. The van der Waals surface area contributed by atoms with Gasteiger partial charge in [-0.1, -0.05) is 12.1 Å². The fraction of sp³-hybridized carbons (Fsp3) is 0.400. The van der Waals surface area contributed by atoms with Crippen LogP contribution in [0.5, 0.6) is 5.75 Å². The van der Waals surface area contributed by atoms with Crippen molar-refractivity contribution in [2.24, 2.45) is 5.73 Å². The summed E-state index contributed by atoms with van der Waals surface area (Å²) in [6, 6.07) is 4.22. The van der Waals surface area contributed by atoms with E-state index in [2.05, 4.69) is 0 Å². The molecular formula is C10H13F2NO2. The second kappa shape index (κ2) is 5.04. The zero-order valence-corrected chi connectivity index (χ0v) is 8.28. The molecule has 0 aromatic heterocycles. The summed E-state index contributed by atoms with van der Waals surface area (Å²) in [5.41, 5.74) is 5.32. The molecule has 15 heavy (non-hydrogen) atoms.